The summed E-state index contributed by atoms with van der Waals surface area (Å²) < 4.78 is 10.9. The van der Waals surface area contributed by atoms with Crippen molar-refractivity contribution < 1.29 is 13.9 Å². The second-order valence-electron chi connectivity index (χ2n) is 6.10. The zero-order valence-corrected chi connectivity index (χ0v) is 16.0. The average molecular weight is 368 g/mol. The summed E-state index contributed by atoms with van der Waals surface area (Å²) in [5, 5.41) is 8.23. The maximum absolute atomic E-state index is 12.6. The standard InChI is InChI=1S/C20H20N2O3S/c1-12-9-13(2)11-16(10-12)19-21-22-20(25-19)26-14(3)18(23)15-5-7-17(24-4)8-6-15/h5-11,14H,1-4H3/t14-/m0/s1. The number of methoxy groups -OCH3 is 1. The molecule has 0 fully saturated rings. The Morgan fingerprint density at radius 2 is 1.73 bits per heavy atom. The molecule has 0 unspecified atom stereocenters. The highest BCUT2D eigenvalue weighted by Gasteiger charge is 2.20. The van der Waals surface area contributed by atoms with E-state index in [0.717, 1.165) is 22.4 Å². The van der Waals surface area contributed by atoms with Gasteiger partial charge in [-0.3, -0.25) is 4.79 Å². The zero-order chi connectivity index (χ0) is 18.7. The number of aromatic nitrogens is 2. The van der Waals surface area contributed by atoms with Crippen molar-refractivity contribution in [2.75, 3.05) is 7.11 Å². The average Bonchev–Trinajstić information content (AvgIpc) is 3.09. The van der Waals surface area contributed by atoms with E-state index in [-0.39, 0.29) is 11.0 Å². The largest absolute Gasteiger partial charge is 0.497 e. The lowest BCUT2D eigenvalue weighted by atomic mass is 10.1. The molecule has 5 nitrogen and oxygen atoms in total. The molecule has 0 spiro atoms. The summed E-state index contributed by atoms with van der Waals surface area (Å²) in [6.45, 7) is 5.88. The SMILES string of the molecule is COc1ccc(C(=O)[C@H](C)Sc2nnc(-c3cc(C)cc(C)c3)o2)cc1. The lowest BCUT2D eigenvalue weighted by Crippen LogP contribution is -2.13. The highest BCUT2D eigenvalue weighted by Crippen LogP contribution is 2.28. The fourth-order valence-corrected chi connectivity index (χ4v) is 3.43. The van der Waals surface area contributed by atoms with Crippen LogP contribution >= 0.6 is 11.8 Å². The molecule has 26 heavy (non-hydrogen) atoms. The first-order valence-corrected chi connectivity index (χ1v) is 9.11. The lowest BCUT2D eigenvalue weighted by Gasteiger charge is -2.08. The summed E-state index contributed by atoms with van der Waals surface area (Å²) in [6.07, 6.45) is 0. The van der Waals surface area contributed by atoms with Gasteiger partial charge < -0.3 is 9.15 Å². The topological polar surface area (TPSA) is 65.2 Å². The van der Waals surface area contributed by atoms with Crippen LogP contribution in [0.4, 0.5) is 0 Å². The van der Waals surface area contributed by atoms with Crippen LogP contribution < -0.4 is 4.74 Å². The number of ketones is 1. The fourth-order valence-electron chi connectivity index (χ4n) is 2.67. The molecule has 0 saturated carbocycles. The highest BCUT2D eigenvalue weighted by atomic mass is 32.2. The Labute approximate surface area is 156 Å². The minimum Gasteiger partial charge on any atom is -0.497 e. The van der Waals surface area contributed by atoms with Gasteiger partial charge in [-0.2, -0.15) is 0 Å². The van der Waals surface area contributed by atoms with Gasteiger partial charge in [0.05, 0.1) is 12.4 Å². The number of benzene rings is 2. The third-order valence-electron chi connectivity index (χ3n) is 3.90. The van der Waals surface area contributed by atoms with E-state index in [9.17, 15) is 4.79 Å². The monoisotopic (exact) mass is 368 g/mol. The van der Waals surface area contributed by atoms with Crippen LogP contribution in [0.25, 0.3) is 11.5 Å². The van der Waals surface area contributed by atoms with E-state index in [4.69, 9.17) is 9.15 Å². The third kappa shape index (κ3) is 4.14. The Hall–Kier alpha value is -2.60. The number of ether oxygens (including phenoxy) is 1. The predicted octanol–water partition coefficient (Wildman–Crippen LogP) is 4.73. The molecule has 0 bridgehead atoms. The molecular formula is C20H20N2O3S. The Morgan fingerprint density at radius 1 is 1.08 bits per heavy atom. The van der Waals surface area contributed by atoms with Gasteiger partial charge >= 0.3 is 0 Å². The maximum Gasteiger partial charge on any atom is 0.277 e. The molecule has 1 atom stereocenters. The van der Waals surface area contributed by atoms with Crippen LogP contribution in [0.15, 0.2) is 52.1 Å². The summed E-state index contributed by atoms with van der Waals surface area (Å²) in [5.41, 5.74) is 3.78. The summed E-state index contributed by atoms with van der Waals surface area (Å²) >= 11 is 1.26. The van der Waals surface area contributed by atoms with Gasteiger partial charge in [-0.25, -0.2) is 0 Å². The highest BCUT2D eigenvalue weighted by molar-refractivity contribution is 8.00. The Kier molecular flexibility index (Phi) is 5.42. The molecule has 2 aromatic carbocycles. The van der Waals surface area contributed by atoms with Crippen LogP contribution in [0, 0.1) is 13.8 Å². The predicted molar refractivity (Wildman–Crippen MR) is 102 cm³/mol. The normalized spacial score (nSPS) is 12.0. The first kappa shape index (κ1) is 18.2. The van der Waals surface area contributed by atoms with Crippen molar-refractivity contribution >= 4 is 17.5 Å². The molecule has 1 heterocycles. The smallest absolute Gasteiger partial charge is 0.277 e. The number of thioether (sulfide) groups is 1. The second-order valence-corrected chi connectivity index (χ2v) is 7.39. The summed E-state index contributed by atoms with van der Waals surface area (Å²) in [4.78, 5) is 12.6. The van der Waals surface area contributed by atoms with E-state index in [0.29, 0.717) is 16.7 Å². The van der Waals surface area contributed by atoms with Gasteiger partial charge in [0.1, 0.15) is 5.75 Å². The van der Waals surface area contributed by atoms with Crippen molar-refractivity contribution in [1.82, 2.24) is 10.2 Å². The molecular weight excluding hydrogens is 348 g/mol. The summed E-state index contributed by atoms with van der Waals surface area (Å²) in [5.74, 6) is 1.18. The van der Waals surface area contributed by atoms with E-state index in [2.05, 4.69) is 16.3 Å². The maximum atomic E-state index is 12.6. The first-order valence-electron chi connectivity index (χ1n) is 8.23. The van der Waals surface area contributed by atoms with Crippen LogP contribution in [0.3, 0.4) is 0 Å². The minimum atomic E-state index is -0.337. The number of aryl methyl sites for hydroxylation is 2. The van der Waals surface area contributed by atoms with Crippen LogP contribution in [-0.2, 0) is 0 Å². The molecule has 0 aliphatic rings. The van der Waals surface area contributed by atoms with E-state index < -0.39 is 0 Å². The van der Waals surface area contributed by atoms with Crippen molar-refractivity contribution in [2.45, 2.75) is 31.2 Å². The van der Waals surface area contributed by atoms with Gasteiger partial charge in [0.25, 0.3) is 5.22 Å². The van der Waals surface area contributed by atoms with E-state index in [1.54, 1.807) is 31.4 Å². The van der Waals surface area contributed by atoms with Crippen LogP contribution in [0.5, 0.6) is 5.75 Å². The van der Waals surface area contributed by atoms with Crippen molar-refractivity contribution in [2.24, 2.45) is 0 Å². The third-order valence-corrected chi connectivity index (χ3v) is 4.83. The number of carbonyl (C=O) groups is 1. The quantitative estimate of drug-likeness (QED) is 0.463. The van der Waals surface area contributed by atoms with E-state index >= 15 is 0 Å². The van der Waals surface area contributed by atoms with Crippen LogP contribution in [-0.4, -0.2) is 28.3 Å². The Bertz CT molecular complexity index is 899. The lowest BCUT2D eigenvalue weighted by molar-refractivity contribution is 0.0993. The van der Waals surface area contributed by atoms with Crippen molar-refractivity contribution in [1.29, 1.82) is 0 Å². The fraction of sp³-hybridized carbons (Fsp3) is 0.250. The second kappa shape index (κ2) is 7.74. The van der Waals surface area contributed by atoms with Crippen molar-refractivity contribution in [3.05, 3.63) is 59.2 Å². The van der Waals surface area contributed by atoms with Crippen LogP contribution in [0.1, 0.15) is 28.4 Å². The molecule has 0 radical (unpaired) electrons. The number of hydrogen-bond donors (Lipinski definition) is 0. The number of Topliss-reactive ketones (excluding diaryl/α,β-unsaturated/α-hetero) is 1. The number of nitrogens with zero attached hydrogens (tertiary/aromatic N) is 2. The van der Waals surface area contributed by atoms with Crippen molar-refractivity contribution in [3.8, 4) is 17.2 Å². The Morgan fingerprint density at radius 3 is 2.35 bits per heavy atom. The van der Waals surface area contributed by atoms with Gasteiger partial charge in [-0.1, -0.05) is 29.0 Å². The van der Waals surface area contributed by atoms with Gasteiger partial charge in [0.15, 0.2) is 5.78 Å². The van der Waals surface area contributed by atoms with Gasteiger partial charge in [-0.15, -0.1) is 10.2 Å². The molecule has 0 saturated heterocycles. The molecule has 134 valence electrons. The minimum absolute atomic E-state index is 0.00352. The van der Waals surface area contributed by atoms with Gasteiger partial charge in [-0.05, 0) is 57.2 Å². The van der Waals surface area contributed by atoms with Crippen molar-refractivity contribution in [3.63, 3.8) is 0 Å². The summed E-state index contributed by atoms with van der Waals surface area (Å²) in [7, 11) is 1.60. The molecule has 6 heteroatoms. The Balaban J connectivity index is 1.72. The molecule has 0 aliphatic carbocycles. The molecule has 0 aliphatic heterocycles. The number of carbonyl (C=O) groups excluding carboxylic acids is 1. The van der Waals surface area contributed by atoms with E-state index in [1.165, 1.54) is 11.8 Å². The molecule has 0 amide bonds. The molecule has 3 aromatic rings. The zero-order valence-electron chi connectivity index (χ0n) is 15.1. The van der Waals surface area contributed by atoms with Gasteiger partial charge in [0, 0.05) is 11.1 Å². The molecule has 1 aromatic heterocycles. The summed E-state index contributed by atoms with van der Waals surface area (Å²) in [6, 6.07) is 13.2. The van der Waals surface area contributed by atoms with E-state index in [1.807, 2.05) is 32.9 Å². The molecule has 0 N–H and O–H groups in total. The van der Waals surface area contributed by atoms with Gasteiger partial charge in [0.2, 0.25) is 5.89 Å². The number of hydrogen-bond acceptors (Lipinski definition) is 6. The number of rotatable bonds is 6. The first-order chi connectivity index (χ1) is 12.5. The van der Waals surface area contributed by atoms with Crippen LogP contribution in [0.2, 0.25) is 0 Å². The molecule has 3 rings (SSSR count).